The van der Waals surface area contributed by atoms with Crippen LogP contribution in [0.3, 0.4) is 0 Å². The molecular weight excluding hydrogens is 220 g/mol. The third kappa shape index (κ3) is 1.65. The van der Waals surface area contributed by atoms with Crippen molar-refractivity contribution >= 4 is 5.78 Å². The largest absolute Gasteiger partial charge is 0.393 e. The molecule has 0 bridgehead atoms. The average molecular weight is 240 g/mol. The van der Waals surface area contributed by atoms with Crippen LogP contribution in [0, 0.1) is 11.3 Å². The van der Waals surface area contributed by atoms with Crippen LogP contribution < -0.4 is 0 Å². The number of Topliss-reactive ketones (excluding diaryl/α,β-unsaturated/α-hetero) is 1. The minimum atomic E-state index is -0.676. The molecule has 1 heterocycles. The van der Waals surface area contributed by atoms with E-state index in [1.54, 1.807) is 0 Å². The number of carbonyl (C=O) groups excluding carboxylic acids is 1. The molecule has 1 N–H and O–H groups in total. The molecule has 2 aliphatic carbocycles. The highest BCUT2D eigenvalue weighted by Gasteiger charge is 2.55. The first-order valence-corrected chi connectivity index (χ1v) is 6.54. The Hall–Kier alpha value is -0.450. The van der Waals surface area contributed by atoms with E-state index in [1.807, 2.05) is 6.92 Å². The Morgan fingerprint density at radius 2 is 1.94 bits per heavy atom. The topological polar surface area (TPSA) is 55.8 Å². The van der Waals surface area contributed by atoms with Gasteiger partial charge in [-0.05, 0) is 19.3 Å². The predicted octanol–water partition coefficient (Wildman–Crippen LogP) is 1.26. The number of hydrogen-bond donors (Lipinski definition) is 1. The fourth-order valence-corrected chi connectivity index (χ4v) is 3.77. The van der Waals surface area contributed by atoms with Crippen LogP contribution in [0.1, 0.15) is 39.0 Å². The number of ether oxygens (including phenoxy) is 2. The van der Waals surface area contributed by atoms with E-state index in [1.165, 1.54) is 0 Å². The fraction of sp³-hybridized carbons (Fsp3) is 0.923. The Balaban J connectivity index is 1.88. The number of rotatable bonds is 0. The molecule has 3 unspecified atom stereocenters. The first-order valence-electron chi connectivity index (χ1n) is 6.54. The summed E-state index contributed by atoms with van der Waals surface area (Å²) in [6, 6.07) is 0. The highest BCUT2D eigenvalue weighted by atomic mass is 16.7. The van der Waals surface area contributed by atoms with E-state index < -0.39 is 5.79 Å². The Morgan fingerprint density at radius 3 is 2.65 bits per heavy atom. The van der Waals surface area contributed by atoms with E-state index in [0.29, 0.717) is 19.6 Å². The van der Waals surface area contributed by atoms with Gasteiger partial charge in [0.2, 0.25) is 0 Å². The van der Waals surface area contributed by atoms with Crippen molar-refractivity contribution in [1.29, 1.82) is 0 Å². The standard InChI is InChI=1S/C13H20O4/c1-12-4-5-13(16-6-7-17-13)8-10(14)9(12)2-3-11(12)15/h9,11,15H,2-8H2,1H3. The number of hydrogen-bond acceptors (Lipinski definition) is 4. The lowest BCUT2D eigenvalue weighted by molar-refractivity contribution is -0.171. The zero-order valence-corrected chi connectivity index (χ0v) is 10.3. The molecule has 3 rings (SSSR count). The van der Waals surface area contributed by atoms with Crippen LogP contribution in [-0.4, -0.2) is 36.0 Å². The smallest absolute Gasteiger partial charge is 0.175 e. The summed E-state index contributed by atoms with van der Waals surface area (Å²) in [6.45, 7) is 3.20. The van der Waals surface area contributed by atoms with Crippen LogP contribution in [0.2, 0.25) is 0 Å². The lowest BCUT2D eigenvalue weighted by Crippen LogP contribution is -2.34. The van der Waals surface area contributed by atoms with Gasteiger partial charge in [-0.15, -0.1) is 0 Å². The van der Waals surface area contributed by atoms with Crippen molar-refractivity contribution in [3.63, 3.8) is 0 Å². The van der Waals surface area contributed by atoms with Crippen molar-refractivity contribution in [1.82, 2.24) is 0 Å². The van der Waals surface area contributed by atoms with Gasteiger partial charge in [-0.25, -0.2) is 0 Å². The molecule has 17 heavy (non-hydrogen) atoms. The molecule has 3 fully saturated rings. The third-order valence-corrected chi connectivity index (χ3v) is 4.98. The highest BCUT2D eigenvalue weighted by molar-refractivity contribution is 5.83. The summed E-state index contributed by atoms with van der Waals surface area (Å²) >= 11 is 0. The first kappa shape index (κ1) is 11.6. The number of aliphatic hydroxyl groups is 1. The molecule has 3 aliphatic rings. The van der Waals surface area contributed by atoms with Gasteiger partial charge in [0.15, 0.2) is 5.79 Å². The minimum Gasteiger partial charge on any atom is -0.393 e. The van der Waals surface area contributed by atoms with Crippen LogP contribution in [0.5, 0.6) is 0 Å². The second-order valence-electron chi connectivity index (χ2n) is 5.90. The van der Waals surface area contributed by atoms with Crippen LogP contribution in [0.4, 0.5) is 0 Å². The molecule has 0 amide bonds. The molecule has 4 nitrogen and oxygen atoms in total. The summed E-state index contributed by atoms with van der Waals surface area (Å²) in [5.41, 5.74) is -0.268. The fourth-order valence-electron chi connectivity index (χ4n) is 3.77. The van der Waals surface area contributed by atoms with Crippen LogP contribution >= 0.6 is 0 Å². The van der Waals surface area contributed by atoms with E-state index in [0.717, 1.165) is 25.7 Å². The second-order valence-corrected chi connectivity index (χ2v) is 5.90. The SMILES string of the molecule is CC12CCC3(CC(=O)C1CCC2O)OCCO3. The van der Waals surface area contributed by atoms with E-state index in [2.05, 4.69) is 0 Å². The van der Waals surface area contributed by atoms with Gasteiger partial charge >= 0.3 is 0 Å². The summed E-state index contributed by atoms with van der Waals surface area (Å²) in [5.74, 6) is -0.474. The monoisotopic (exact) mass is 240 g/mol. The van der Waals surface area contributed by atoms with Gasteiger partial charge < -0.3 is 14.6 Å². The van der Waals surface area contributed by atoms with Crippen molar-refractivity contribution < 1.29 is 19.4 Å². The van der Waals surface area contributed by atoms with Crippen molar-refractivity contribution in [2.45, 2.75) is 50.9 Å². The zero-order valence-electron chi connectivity index (χ0n) is 10.3. The normalized spacial score (nSPS) is 44.9. The molecule has 3 atom stereocenters. The summed E-state index contributed by atoms with van der Waals surface area (Å²) in [6.07, 6.45) is 3.11. The number of aliphatic hydroxyl groups excluding tert-OH is 1. The molecule has 0 aromatic carbocycles. The summed E-state index contributed by atoms with van der Waals surface area (Å²) < 4.78 is 11.3. The molecule has 0 radical (unpaired) electrons. The van der Waals surface area contributed by atoms with Gasteiger partial charge in [0.05, 0.1) is 25.7 Å². The van der Waals surface area contributed by atoms with E-state index >= 15 is 0 Å². The molecule has 96 valence electrons. The van der Waals surface area contributed by atoms with Crippen molar-refractivity contribution in [2.75, 3.05) is 13.2 Å². The predicted molar refractivity (Wildman–Crippen MR) is 60.3 cm³/mol. The maximum atomic E-state index is 12.3. The molecule has 4 heteroatoms. The van der Waals surface area contributed by atoms with Crippen LogP contribution in [-0.2, 0) is 14.3 Å². The lowest BCUT2D eigenvalue weighted by atomic mass is 9.74. The van der Waals surface area contributed by atoms with E-state index in [-0.39, 0.29) is 23.2 Å². The third-order valence-electron chi connectivity index (χ3n) is 4.98. The van der Waals surface area contributed by atoms with E-state index in [4.69, 9.17) is 9.47 Å². The zero-order chi connectivity index (χ0) is 12.1. The van der Waals surface area contributed by atoms with Crippen molar-refractivity contribution in [3.05, 3.63) is 0 Å². The average Bonchev–Trinajstić information content (AvgIpc) is 2.82. The maximum Gasteiger partial charge on any atom is 0.175 e. The van der Waals surface area contributed by atoms with Gasteiger partial charge in [-0.2, -0.15) is 0 Å². The molecule has 1 aliphatic heterocycles. The van der Waals surface area contributed by atoms with Gasteiger partial charge in [-0.3, -0.25) is 4.79 Å². The molecule has 1 saturated heterocycles. The highest BCUT2D eigenvalue weighted by Crippen LogP contribution is 2.52. The summed E-state index contributed by atoms with van der Waals surface area (Å²) in [7, 11) is 0. The number of carbonyl (C=O) groups is 1. The Bertz CT molecular complexity index is 334. The molecule has 2 saturated carbocycles. The van der Waals surface area contributed by atoms with Gasteiger partial charge in [0.1, 0.15) is 5.78 Å². The number of ketones is 1. The quantitative estimate of drug-likeness (QED) is 0.692. The second kappa shape index (κ2) is 3.77. The van der Waals surface area contributed by atoms with E-state index in [9.17, 15) is 9.90 Å². The number of fused-ring (bicyclic) bond motifs is 1. The molecule has 0 aromatic rings. The lowest BCUT2D eigenvalue weighted by Gasteiger charge is -2.32. The van der Waals surface area contributed by atoms with Crippen molar-refractivity contribution in [3.8, 4) is 0 Å². The van der Waals surface area contributed by atoms with Gasteiger partial charge in [0.25, 0.3) is 0 Å². The molecule has 0 aromatic heterocycles. The van der Waals surface area contributed by atoms with Crippen LogP contribution in [0.15, 0.2) is 0 Å². The Morgan fingerprint density at radius 1 is 1.24 bits per heavy atom. The molecular formula is C13H20O4. The first-order chi connectivity index (χ1) is 8.06. The Labute approximate surface area is 101 Å². The Kier molecular flexibility index (Phi) is 2.58. The summed E-state index contributed by atoms with van der Waals surface area (Å²) in [5, 5.41) is 10.1. The van der Waals surface area contributed by atoms with Gasteiger partial charge in [-0.1, -0.05) is 6.92 Å². The van der Waals surface area contributed by atoms with Crippen LogP contribution in [0.25, 0.3) is 0 Å². The minimum absolute atomic E-state index is 0.00956. The maximum absolute atomic E-state index is 12.3. The van der Waals surface area contributed by atoms with Gasteiger partial charge in [0, 0.05) is 17.8 Å². The summed E-state index contributed by atoms with van der Waals surface area (Å²) in [4.78, 5) is 12.3. The molecule has 1 spiro atoms. The van der Waals surface area contributed by atoms with Crippen molar-refractivity contribution in [2.24, 2.45) is 11.3 Å².